The summed E-state index contributed by atoms with van der Waals surface area (Å²) in [5, 5.41) is 5.80. The van der Waals surface area contributed by atoms with E-state index in [1.807, 2.05) is 0 Å². The first kappa shape index (κ1) is 21.9. The van der Waals surface area contributed by atoms with Gasteiger partial charge < -0.3 is 0 Å². The molecule has 0 saturated heterocycles. The summed E-state index contributed by atoms with van der Waals surface area (Å²) in [6.45, 7) is 0. The minimum absolute atomic E-state index is 1.17. The molecule has 0 aromatic heterocycles. The van der Waals surface area contributed by atoms with Gasteiger partial charge in [0.2, 0.25) is 0 Å². The lowest BCUT2D eigenvalue weighted by Crippen LogP contribution is -2.11. The topological polar surface area (TPSA) is 0 Å². The molecule has 0 heterocycles. The molecule has 38 heavy (non-hydrogen) atoms. The van der Waals surface area contributed by atoms with Crippen LogP contribution in [0.3, 0.4) is 0 Å². The second kappa shape index (κ2) is 8.71. The Morgan fingerprint density at radius 1 is 0.368 bits per heavy atom. The molecule has 0 aliphatic heterocycles. The van der Waals surface area contributed by atoms with Crippen molar-refractivity contribution in [3.8, 4) is 33.4 Å². The van der Waals surface area contributed by atoms with Gasteiger partial charge in [0.05, 0.1) is 0 Å². The van der Waals surface area contributed by atoms with Crippen molar-refractivity contribution in [2.24, 2.45) is 0 Å². The van der Waals surface area contributed by atoms with Crippen LogP contribution in [-0.2, 0) is 25.7 Å². The van der Waals surface area contributed by atoms with Gasteiger partial charge in [0.1, 0.15) is 0 Å². The normalized spacial score (nSPS) is 14.2. The smallest absolute Gasteiger partial charge is 0.0108 e. The van der Waals surface area contributed by atoms with Crippen LogP contribution in [0.4, 0.5) is 0 Å². The molecule has 182 valence electrons. The second-order valence-electron chi connectivity index (χ2n) is 11.1. The van der Waals surface area contributed by atoms with Crippen molar-refractivity contribution < 1.29 is 0 Å². The molecule has 2 aliphatic carbocycles. The fraction of sp³-hybridized carbons (Fsp3) is 0.158. The molecule has 0 nitrogen and oxygen atoms in total. The van der Waals surface area contributed by atoms with Gasteiger partial charge in [-0.3, -0.25) is 0 Å². The Morgan fingerprint density at radius 3 is 1.66 bits per heavy atom. The summed E-state index contributed by atoms with van der Waals surface area (Å²) >= 11 is 0. The fourth-order valence-electron chi connectivity index (χ4n) is 7.14. The summed E-state index contributed by atoms with van der Waals surface area (Å²) in [6.07, 6.45) is 7.15. The van der Waals surface area contributed by atoms with E-state index >= 15 is 0 Å². The Morgan fingerprint density at radius 2 is 0.947 bits per heavy atom. The molecule has 0 N–H and O–H groups in total. The van der Waals surface area contributed by atoms with Gasteiger partial charge in [-0.25, -0.2) is 0 Å². The lowest BCUT2D eigenvalue weighted by molar-refractivity contribution is 0.788. The van der Waals surface area contributed by atoms with E-state index in [4.69, 9.17) is 0 Å². The number of benzene rings is 6. The zero-order valence-electron chi connectivity index (χ0n) is 21.6. The average molecular weight is 487 g/mol. The Bertz CT molecular complexity index is 1860. The van der Waals surface area contributed by atoms with E-state index in [1.165, 1.54) is 82.7 Å². The van der Waals surface area contributed by atoms with Gasteiger partial charge in [0, 0.05) is 0 Å². The highest BCUT2D eigenvalue weighted by atomic mass is 14.3. The monoisotopic (exact) mass is 486 g/mol. The minimum atomic E-state index is 1.17. The van der Waals surface area contributed by atoms with E-state index in [1.54, 1.807) is 33.0 Å². The van der Waals surface area contributed by atoms with Crippen molar-refractivity contribution in [3.63, 3.8) is 0 Å². The summed E-state index contributed by atoms with van der Waals surface area (Å²) in [5.41, 5.74) is 14.5. The number of fused-ring (bicyclic) bond motifs is 1. The SMILES string of the molecule is c1ccc(-c2cccc(-c3cc4c5c(c(-c6ccc7ccccc7c6)cc6c5c3CCC6)CCC4)c2)cc1. The first-order valence-electron chi connectivity index (χ1n) is 14.1. The van der Waals surface area contributed by atoms with Crippen LogP contribution in [0.5, 0.6) is 0 Å². The van der Waals surface area contributed by atoms with Crippen LogP contribution in [-0.4, -0.2) is 0 Å². The van der Waals surface area contributed by atoms with Crippen molar-refractivity contribution in [2.75, 3.05) is 0 Å². The van der Waals surface area contributed by atoms with Crippen LogP contribution in [0.15, 0.2) is 109 Å². The van der Waals surface area contributed by atoms with Gasteiger partial charge in [0.25, 0.3) is 0 Å². The lowest BCUT2D eigenvalue weighted by atomic mass is 9.75. The molecule has 0 fully saturated rings. The van der Waals surface area contributed by atoms with E-state index in [0.29, 0.717) is 0 Å². The summed E-state index contributed by atoms with van der Waals surface area (Å²) in [6, 6.07) is 40.9. The Hall–Kier alpha value is -4.16. The van der Waals surface area contributed by atoms with Gasteiger partial charge in [-0.05, 0) is 128 Å². The lowest BCUT2D eigenvalue weighted by Gasteiger charge is -2.29. The maximum atomic E-state index is 2.56. The van der Waals surface area contributed by atoms with Crippen molar-refractivity contribution in [3.05, 3.63) is 131 Å². The summed E-state index contributed by atoms with van der Waals surface area (Å²) in [7, 11) is 0. The van der Waals surface area contributed by atoms with Gasteiger partial charge in [0.15, 0.2) is 0 Å². The molecule has 0 unspecified atom stereocenters. The van der Waals surface area contributed by atoms with E-state index in [0.717, 1.165) is 0 Å². The standard InChI is InChI=1S/C38H30/c1-2-9-25(10-3-1)28-13-6-14-29(21-28)35-23-31-15-8-18-34-36(24-32-16-7-17-33(35)37(32)38(31)34)30-20-19-26-11-4-5-12-27(26)22-30/h1-6,9-14,19-24H,7-8,15-18H2. The molecule has 2 aliphatic rings. The largest absolute Gasteiger partial charge is 0.0622 e. The van der Waals surface area contributed by atoms with Crippen LogP contribution < -0.4 is 0 Å². The maximum absolute atomic E-state index is 2.56. The van der Waals surface area contributed by atoms with Crippen molar-refractivity contribution in [1.29, 1.82) is 0 Å². The summed E-state index contributed by atoms with van der Waals surface area (Å²) in [5.74, 6) is 0. The van der Waals surface area contributed by atoms with Crippen molar-refractivity contribution >= 4 is 21.5 Å². The highest BCUT2D eigenvalue weighted by molar-refractivity contribution is 6.03. The Balaban J connectivity index is 1.36. The molecular formula is C38H30. The van der Waals surface area contributed by atoms with Gasteiger partial charge in [-0.15, -0.1) is 0 Å². The summed E-state index contributed by atoms with van der Waals surface area (Å²) < 4.78 is 0. The fourth-order valence-corrected chi connectivity index (χ4v) is 7.14. The van der Waals surface area contributed by atoms with Crippen LogP contribution in [0.1, 0.15) is 35.1 Å². The highest BCUT2D eigenvalue weighted by Crippen LogP contribution is 2.46. The molecule has 0 atom stereocenters. The van der Waals surface area contributed by atoms with Crippen LogP contribution in [0, 0.1) is 0 Å². The van der Waals surface area contributed by atoms with Crippen molar-refractivity contribution in [2.45, 2.75) is 38.5 Å². The molecule has 6 aromatic carbocycles. The first-order chi connectivity index (χ1) is 18.8. The third-order valence-electron chi connectivity index (χ3n) is 8.87. The van der Waals surface area contributed by atoms with Gasteiger partial charge >= 0.3 is 0 Å². The second-order valence-corrected chi connectivity index (χ2v) is 11.1. The van der Waals surface area contributed by atoms with E-state index in [9.17, 15) is 0 Å². The molecule has 8 rings (SSSR count). The maximum Gasteiger partial charge on any atom is -0.0108 e. The minimum Gasteiger partial charge on any atom is -0.0622 e. The van der Waals surface area contributed by atoms with Gasteiger partial charge in [-0.1, -0.05) is 97.1 Å². The van der Waals surface area contributed by atoms with E-state index in [-0.39, 0.29) is 0 Å². The van der Waals surface area contributed by atoms with Crippen LogP contribution in [0.25, 0.3) is 54.9 Å². The predicted molar refractivity (Wildman–Crippen MR) is 162 cm³/mol. The summed E-state index contributed by atoms with van der Waals surface area (Å²) in [4.78, 5) is 0. The third kappa shape index (κ3) is 3.44. The quantitative estimate of drug-likeness (QED) is 0.233. The number of hydrogen-bond acceptors (Lipinski definition) is 0. The molecule has 6 aromatic rings. The molecule has 0 bridgehead atoms. The Labute approximate surface area is 224 Å². The van der Waals surface area contributed by atoms with Crippen LogP contribution >= 0.6 is 0 Å². The molecule has 0 spiro atoms. The molecule has 0 saturated carbocycles. The van der Waals surface area contributed by atoms with E-state index in [2.05, 4.69) is 109 Å². The van der Waals surface area contributed by atoms with Crippen molar-refractivity contribution in [1.82, 2.24) is 0 Å². The molecule has 0 heteroatoms. The van der Waals surface area contributed by atoms with Crippen LogP contribution in [0.2, 0.25) is 0 Å². The predicted octanol–water partition coefficient (Wildman–Crippen LogP) is 9.97. The molecule has 0 amide bonds. The first-order valence-corrected chi connectivity index (χ1v) is 14.1. The zero-order chi connectivity index (χ0) is 25.1. The average Bonchev–Trinajstić information content (AvgIpc) is 3.00. The third-order valence-corrected chi connectivity index (χ3v) is 8.87. The van der Waals surface area contributed by atoms with E-state index < -0.39 is 0 Å². The van der Waals surface area contributed by atoms with Gasteiger partial charge in [-0.2, -0.15) is 0 Å². The molecular weight excluding hydrogens is 456 g/mol. The number of hydrogen-bond donors (Lipinski definition) is 0. The highest BCUT2D eigenvalue weighted by Gasteiger charge is 2.26. The number of aryl methyl sites for hydroxylation is 4. The zero-order valence-corrected chi connectivity index (χ0v) is 21.6. The molecule has 0 radical (unpaired) electrons. The Kier molecular flexibility index (Phi) is 5.01. The number of rotatable bonds is 3.